The fourth-order valence-corrected chi connectivity index (χ4v) is 2.00. The zero-order chi connectivity index (χ0) is 14.1. The van der Waals surface area contributed by atoms with Gasteiger partial charge < -0.3 is 15.5 Å². The predicted octanol–water partition coefficient (Wildman–Crippen LogP) is 1.98. The third-order valence-corrected chi connectivity index (χ3v) is 3.09. The van der Waals surface area contributed by atoms with Crippen molar-refractivity contribution < 1.29 is 9.21 Å². The number of aromatic nitrogens is 2. The number of amides is 1. The monoisotopic (exact) mass is 270 g/mol. The summed E-state index contributed by atoms with van der Waals surface area (Å²) < 4.78 is 5.52. The molecule has 2 heterocycles. The van der Waals surface area contributed by atoms with E-state index in [1.165, 1.54) is 0 Å². The van der Waals surface area contributed by atoms with E-state index in [1.54, 1.807) is 12.3 Å². The van der Waals surface area contributed by atoms with Gasteiger partial charge in [0.2, 0.25) is 0 Å². The molecule has 20 heavy (non-hydrogen) atoms. The lowest BCUT2D eigenvalue weighted by molar-refractivity contribution is 0.0925. The molecule has 0 aliphatic rings. The summed E-state index contributed by atoms with van der Waals surface area (Å²) in [6, 6.07) is 7.51. The molecule has 4 N–H and O–H groups in total. The number of hydrogen-bond acceptors (Lipinski definition) is 4. The van der Waals surface area contributed by atoms with E-state index in [4.69, 9.17) is 10.2 Å². The molecule has 1 amide bonds. The Morgan fingerprint density at radius 1 is 1.45 bits per heavy atom. The maximum atomic E-state index is 12.0. The van der Waals surface area contributed by atoms with Gasteiger partial charge in [-0.3, -0.25) is 9.89 Å². The summed E-state index contributed by atoms with van der Waals surface area (Å²) in [7, 11) is 0. The lowest BCUT2D eigenvalue weighted by Crippen LogP contribution is -2.22. The topological polar surface area (TPSA) is 96.9 Å². The van der Waals surface area contributed by atoms with E-state index < -0.39 is 0 Å². The number of aromatic amines is 1. The number of furan rings is 1. The van der Waals surface area contributed by atoms with Crippen molar-refractivity contribution in [2.75, 3.05) is 5.73 Å². The van der Waals surface area contributed by atoms with Crippen LogP contribution in [0.3, 0.4) is 0 Å². The number of nitrogen functional groups attached to an aromatic ring is 1. The first-order chi connectivity index (χ1) is 9.63. The van der Waals surface area contributed by atoms with E-state index in [1.807, 2.05) is 25.1 Å². The number of nitrogens with two attached hydrogens (primary N) is 1. The van der Waals surface area contributed by atoms with Crippen LogP contribution in [0.25, 0.3) is 11.0 Å². The van der Waals surface area contributed by atoms with Gasteiger partial charge in [0, 0.05) is 17.5 Å². The molecule has 0 atom stereocenters. The molecule has 3 rings (SSSR count). The second-order valence-electron chi connectivity index (χ2n) is 4.64. The zero-order valence-electron chi connectivity index (χ0n) is 10.9. The molecule has 1 aromatic carbocycles. The summed E-state index contributed by atoms with van der Waals surface area (Å²) in [4.78, 5) is 12.0. The highest BCUT2D eigenvalue weighted by molar-refractivity contribution is 5.96. The van der Waals surface area contributed by atoms with E-state index in [2.05, 4.69) is 15.5 Å². The maximum absolute atomic E-state index is 12.0. The number of anilines is 1. The van der Waals surface area contributed by atoms with Crippen LogP contribution in [0.5, 0.6) is 0 Å². The minimum Gasteiger partial charge on any atom is -0.451 e. The average Bonchev–Trinajstić information content (AvgIpc) is 3.01. The second kappa shape index (κ2) is 4.73. The van der Waals surface area contributed by atoms with E-state index in [9.17, 15) is 4.79 Å². The molecule has 0 bridgehead atoms. The molecule has 0 saturated carbocycles. The molecular weight excluding hydrogens is 256 g/mol. The molecule has 0 fully saturated rings. The molecule has 102 valence electrons. The van der Waals surface area contributed by atoms with Gasteiger partial charge in [-0.1, -0.05) is 11.6 Å². The third kappa shape index (κ3) is 2.23. The number of carbonyl (C=O) groups excluding carboxylic acids is 1. The first-order valence-electron chi connectivity index (χ1n) is 6.19. The van der Waals surface area contributed by atoms with Crippen molar-refractivity contribution in [3.63, 3.8) is 0 Å². The third-order valence-electron chi connectivity index (χ3n) is 3.09. The van der Waals surface area contributed by atoms with Gasteiger partial charge in [-0.05, 0) is 25.1 Å². The number of fused-ring (bicyclic) bond motifs is 1. The highest BCUT2D eigenvalue weighted by atomic mass is 16.3. The van der Waals surface area contributed by atoms with Crippen molar-refractivity contribution in [3.05, 3.63) is 47.3 Å². The van der Waals surface area contributed by atoms with Crippen LogP contribution in [0.2, 0.25) is 0 Å². The van der Waals surface area contributed by atoms with E-state index in [0.29, 0.717) is 17.9 Å². The van der Waals surface area contributed by atoms with E-state index in [-0.39, 0.29) is 11.7 Å². The van der Waals surface area contributed by atoms with Crippen molar-refractivity contribution >= 4 is 22.7 Å². The summed E-state index contributed by atoms with van der Waals surface area (Å²) in [6.07, 6.45) is 1.58. The molecule has 0 aliphatic carbocycles. The first kappa shape index (κ1) is 12.3. The smallest absolute Gasteiger partial charge is 0.287 e. The number of hydrogen-bond donors (Lipinski definition) is 3. The Labute approximate surface area is 115 Å². The number of carbonyl (C=O) groups is 1. The molecular formula is C14H14N4O2. The number of nitrogens with one attached hydrogen (secondary N) is 2. The normalized spacial score (nSPS) is 10.8. The summed E-state index contributed by atoms with van der Waals surface area (Å²) in [6.45, 7) is 2.30. The van der Waals surface area contributed by atoms with Crippen LogP contribution >= 0.6 is 0 Å². The first-order valence-corrected chi connectivity index (χ1v) is 6.19. The number of aryl methyl sites for hydroxylation is 1. The largest absolute Gasteiger partial charge is 0.451 e. The predicted molar refractivity (Wildman–Crippen MR) is 75.1 cm³/mol. The minimum atomic E-state index is -0.278. The lowest BCUT2D eigenvalue weighted by Gasteiger charge is -2.01. The van der Waals surface area contributed by atoms with Crippen molar-refractivity contribution in [1.82, 2.24) is 15.5 Å². The van der Waals surface area contributed by atoms with Crippen LogP contribution in [-0.2, 0) is 6.54 Å². The summed E-state index contributed by atoms with van der Waals surface area (Å²) >= 11 is 0. The van der Waals surface area contributed by atoms with Gasteiger partial charge in [0.15, 0.2) is 5.76 Å². The molecule has 0 radical (unpaired) electrons. The number of benzene rings is 1. The van der Waals surface area contributed by atoms with Gasteiger partial charge in [-0.15, -0.1) is 0 Å². The molecule has 2 aromatic heterocycles. The Morgan fingerprint density at radius 2 is 2.30 bits per heavy atom. The second-order valence-corrected chi connectivity index (χ2v) is 4.64. The van der Waals surface area contributed by atoms with E-state index >= 15 is 0 Å². The zero-order valence-corrected chi connectivity index (χ0v) is 10.9. The Hall–Kier alpha value is -2.76. The Bertz CT molecular complexity index is 772. The quantitative estimate of drug-likeness (QED) is 0.677. The molecule has 6 heteroatoms. The Morgan fingerprint density at radius 3 is 3.05 bits per heavy atom. The molecule has 3 aromatic rings. The number of nitrogens with zero attached hydrogens (tertiary/aromatic N) is 1. The highest BCUT2D eigenvalue weighted by Gasteiger charge is 2.12. The summed E-state index contributed by atoms with van der Waals surface area (Å²) in [5.41, 5.74) is 8.21. The fourth-order valence-electron chi connectivity index (χ4n) is 2.00. The van der Waals surface area contributed by atoms with Gasteiger partial charge >= 0.3 is 0 Å². The number of H-pyrrole nitrogens is 1. The molecule has 0 saturated heterocycles. The van der Waals surface area contributed by atoms with Crippen molar-refractivity contribution in [3.8, 4) is 0 Å². The van der Waals surface area contributed by atoms with Crippen LogP contribution in [0.4, 0.5) is 5.82 Å². The van der Waals surface area contributed by atoms with Crippen LogP contribution in [0, 0.1) is 6.92 Å². The fraction of sp³-hybridized carbons (Fsp3) is 0.143. The SMILES string of the molecule is Cc1ccc2oc(C(=O)NCc3cn[nH]c3N)cc2c1. The number of rotatable bonds is 3. The van der Waals surface area contributed by atoms with E-state index in [0.717, 1.165) is 16.5 Å². The van der Waals surface area contributed by atoms with Crippen LogP contribution < -0.4 is 11.1 Å². The standard InChI is InChI=1S/C14H14N4O2/c1-8-2-3-11-9(4-8)5-12(20-11)14(19)16-6-10-7-17-18-13(10)15/h2-5,7H,6H2,1H3,(H,16,19)(H3,15,17,18). The van der Waals surface area contributed by atoms with Crippen LogP contribution in [-0.4, -0.2) is 16.1 Å². The lowest BCUT2D eigenvalue weighted by atomic mass is 10.2. The van der Waals surface area contributed by atoms with Crippen molar-refractivity contribution in [1.29, 1.82) is 0 Å². The molecule has 0 spiro atoms. The summed E-state index contributed by atoms with van der Waals surface area (Å²) in [5.74, 6) is 0.456. The molecule has 0 unspecified atom stereocenters. The van der Waals surface area contributed by atoms with Gasteiger partial charge in [-0.2, -0.15) is 5.10 Å². The van der Waals surface area contributed by atoms with Gasteiger partial charge in [0.25, 0.3) is 5.91 Å². The average molecular weight is 270 g/mol. The van der Waals surface area contributed by atoms with Gasteiger partial charge in [0.1, 0.15) is 11.4 Å². The Balaban J connectivity index is 1.77. The van der Waals surface area contributed by atoms with Crippen LogP contribution in [0.15, 0.2) is 34.9 Å². The van der Waals surface area contributed by atoms with Crippen molar-refractivity contribution in [2.45, 2.75) is 13.5 Å². The minimum absolute atomic E-state index is 0.278. The molecule has 0 aliphatic heterocycles. The van der Waals surface area contributed by atoms with Crippen molar-refractivity contribution in [2.24, 2.45) is 0 Å². The highest BCUT2D eigenvalue weighted by Crippen LogP contribution is 2.20. The van der Waals surface area contributed by atoms with Crippen LogP contribution in [0.1, 0.15) is 21.7 Å². The van der Waals surface area contributed by atoms with Gasteiger partial charge in [-0.25, -0.2) is 0 Å². The summed E-state index contributed by atoms with van der Waals surface area (Å²) in [5, 5.41) is 10.1. The van der Waals surface area contributed by atoms with Gasteiger partial charge in [0.05, 0.1) is 6.20 Å². The maximum Gasteiger partial charge on any atom is 0.287 e. The molecule has 6 nitrogen and oxygen atoms in total. The Kier molecular flexibility index (Phi) is 2.90.